The van der Waals surface area contributed by atoms with Gasteiger partial charge in [0.15, 0.2) is 6.10 Å². The number of amides is 1. The first-order valence-corrected chi connectivity index (χ1v) is 8.06. The number of thioether (sulfide) groups is 1. The molecule has 1 fully saturated rings. The summed E-state index contributed by atoms with van der Waals surface area (Å²) in [6.07, 6.45) is 0.197. The lowest BCUT2D eigenvalue weighted by atomic mass is 10.1. The van der Waals surface area contributed by atoms with E-state index in [0.29, 0.717) is 4.90 Å². The standard InChI is InChI=1S/C14H16N2O6S/c1-8-6-15(7-11(22-8)14(18)19)13(17)9-3-4-12(23-2)10(5-9)16(20)21/h3-5,8,11H,6-7H2,1-2H3,(H,18,19)/t8-,11?/m1/s1. The van der Waals surface area contributed by atoms with E-state index < -0.39 is 29.0 Å². The number of carboxylic acid groups (broad SMARTS) is 1. The normalized spacial score (nSPS) is 21.0. The van der Waals surface area contributed by atoms with Gasteiger partial charge < -0.3 is 14.7 Å². The number of aliphatic carboxylic acids is 1. The van der Waals surface area contributed by atoms with Crippen LogP contribution in [0.15, 0.2) is 23.1 Å². The van der Waals surface area contributed by atoms with Crippen molar-refractivity contribution in [1.82, 2.24) is 4.90 Å². The average molecular weight is 340 g/mol. The number of hydrogen-bond acceptors (Lipinski definition) is 6. The monoisotopic (exact) mass is 340 g/mol. The third kappa shape index (κ3) is 3.80. The van der Waals surface area contributed by atoms with Crippen molar-refractivity contribution in [2.45, 2.75) is 24.0 Å². The minimum atomic E-state index is -1.14. The molecule has 0 aliphatic carbocycles. The molecule has 1 saturated heterocycles. The third-order valence-electron chi connectivity index (χ3n) is 3.45. The molecule has 124 valence electrons. The smallest absolute Gasteiger partial charge is 0.334 e. The topological polar surface area (TPSA) is 110 Å². The molecule has 0 bridgehead atoms. The van der Waals surface area contributed by atoms with Crippen LogP contribution >= 0.6 is 11.8 Å². The molecule has 1 N–H and O–H groups in total. The van der Waals surface area contributed by atoms with Crippen molar-refractivity contribution in [2.24, 2.45) is 0 Å². The quantitative estimate of drug-likeness (QED) is 0.504. The summed E-state index contributed by atoms with van der Waals surface area (Å²) in [5, 5.41) is 20.2. The second-order valence-electron chi connectivity index (χ2n) is 5.13. The van der Waals surface area contributed by atoms with E-state index in [1.807, 2.05) is 0 Å². The third-order valence-corrected chi connectivity index (χ3v) is 4.23. The van der Waals surface area contributed by atoms with Crippen LogP contribution in [0, 0.1) is 10.1 Å². The lowest BCUT2D eigenvalue weighted by Gasteiger charge is -2.34. The zero-order chi connectivity index (χ0) is 17.1. The number of carbonyl (C=O) groups is 2. The van der Waals surface area contributed by atoms with Crippen LogP contribution < -0.4 is 0 Å². The van der Waals surface area contributed by atoms with Gasteiger partial charge in [-0.2, -0.15) is 0 Å². The largest absolute Gasteiger partial charge is 0.479 e. The number of carbonyl (C=O) groups excluding carboxylic acids is 1. The highest BCUT2D eigenvalue weighted by Gasteiger charge is 2.33. The Morgan fingerprint density at radius 2 is 2.13 bits per heavy atom. The van der Waals surface area contributed by atoms with Crippen LogP contribution in [0.3, 0.4) is 0 Å². The number of carboxylic acids is 1. The van der Waals surface area contributed by atoms with Gasteiger partial charge in [0.2, 0.25) is 0 Å². The Labute approximate surface area is 136 Å². The SMILES string of the molecule is CSc1ccc(C(=O)N2CC(C(=O)O)O[C@H](C)C2)cc1[N+](=O)[O-]. The Kier molecular flexibility index (Phi) is 5.22. The molecule has 2 atom stereocenters. The lowest BCUT2D eigenvalue weighted by molar-refractivity contribution is -0.387. The molecule has 2 rings (SSSR count). The Bertz CT molecular complexity index is 650. The van der Waals surface area contributed by atoms with E-state index in [-0.39, 0.29) is 24.3 Å². The highest BCUT2D eigenvalue weighted by molar-refractivity contribution is 7.98. The van der Waals surface area contributed by atoms with Crippen molar-refractivity contribution >= 4 is 29.3 Å². The van der Waals surface area contributed by atoms with Gasteiger partial charge >= 0.3 is 5.97 Å². The van der Waals surface area contributed by atoms with E-state index in [1.165, 1.54) is 34.9 Å². The summed E-state index contributed by atoms with van der Waals surface area (Å²) in [6.45, 7) is 1.83. The number of nitro benzene ring substituents is 1. The number of hydrogen-bond donors (Lipinski definition) is 1. The molecule has 1 unspecified atom stereocenters. The van der Waals surface area contributed by atoms with Crippen LogP contribution in [-0.2, 0) is 9.53 Å². The lowest BCUT2D eigenvalue weighted by Crippen LogP contribution is -2.51. The number of morpholine rings is 1. The second kappa shape index (κ2) is 6.97. The van der Waals surface area contributed by atoms with E-state index >= 15 is 0 Å². The fourth-order valence-corrected chi connectivity index (χ4v) is 2.95. The minimum absolute atomic E-state index is 0.0867. The molecule has 23 heavy (non-hydrogen) atoms. The Morgan fingerprint density at radius 1 is 1.43 bits per heavy atom. The maximum Gasteiger partial charge on any atom is 0.334 e. The van der Waals surface area contributed by atoms with Crippen LogP contribution in [0.5, 0.6) is 0 Å². The average Bonchev–Trinajstić information content (AvgIpc) is 2.52. The maximum absolute atomic E-state index is 12.5. The predicted octanol–water partition coefficient (Wildman–Crippen LogP) is 1.63. The minimum Gasteiger partial charge on any atom is -0.479 e. The fourth-order valence-electron chi connectivity index (χ4n) is 2.40. The van der Waals surface area contributed by atoms with Gasteiger partial charge in [0, 0.05) is 18.2 Å². The van der Waals surface area contributed by atoms with E-state index in [4.69, 9.17) is 9.84 Å². The molecule has 1 aliphatic rings. The highest BCUT2D eigenvalue weighted by Crippen LogP contribution is 2.29. The van der Waals surface area contributed by atoms with Crippen LogP contribution in [0.4, 0.5) is 5.69 Å². The van der Waals surface area contributed by atoms with E-state index in [0.717, 1.165) is 0 Å². The number of ether oxygens (including phenoxy) is 1. The van der Waals surface area contributed by atoms with E-state index in [1.54, 1.807) is 13.2 Å². The Morgan fingerprint density at radius 3 is 2.70 bits per heavy atom. The number of benzene rings is 1. The summed E-state index contributed by atoms with van der Waals surface area (Å²) in [5.74, 6) is -1.58. The van der Waals surface area contributed by atoms with Crippen LogP contribution in [0.2, 0.25) is 0 Å². The molecule has 0 radical (unpaired) electrons. The Hall–Kier alpha value is -2.13. The van der Waals surface area contributed by atoms with Crippen molar-refractivity contribution in [3.05, 3.63) is 33.9 Å². The molecule has 1 aromatic carbocycles. The van der Waals surface area contributed by atoms with Gasteiger partial charge in [0.05, 0.1) is 22.5 Å². The summed E-state index contributed by atoms with van der Waals surface area (Å²) in [4.78, 5) is 36.0. The van der Waals surface area contributed by atoms with Crippen LogP contribution in [0.25, 0.3) is 0 Å². The van der Waals surface area contributed by atoms with Gasteiger partial charge in [-0.15, -0.1) is 11.8 Å². The molecule has 1 amide bonds. The van der Waals surface area contributed by atoms with Crippen molar-refractivity contribution in [3.63, 3.8) is 0 Å². The van der Waals surface area contributed by atoms with Crippen LogP contribution in [-0.4, -0.2) is 58.4 Å². The fraction of sp³-hybridized carbons (Fsp3) is 0.429. The molecule has 1 heterocycles. The zero-order valence-corrected chi connectivity index (χ0v) is 13.4. The summed E-state index contributed by atoms with van der Waals surface area (Å²) < 4.78 is 5.26. The van der Waals surface area contributed by atoms with Gasteiger partial charge in [-0.1, -0.05) is 0 Å². The molecule has 0 saturated carbocycles. The van der Waals surface area contributed by atoms with Gasteiger partial charge in [-0.05, 0) is 25.3 Å². The first-order valence-electron chi connectivity index (χ1n) is 6.83. The van der Waals surface area contributed by atoms with E-state index in [9.17, 15) is 19.7 Å². The van der Waals surface area contributed by atoms with E-state index in [2.05, 4.69) is 0 Å². The zero-order valence-electron chi connectivity index (χ0n) is 12.6. The Balaban J connectivity index is 2.27. The number of nitrogens with zero attached hydrogens (tertiary/aromatic N) is 2. The van der Waals surface area contributed by atoms with Crippen LogP contribution in [0.1, 0.15) is 17.3 Å². The molecule has 9 heteroatoms. The van der Waals surface area contributed by atoms with Crippen molar-refractivity contribution in [1.29, 1.82) is 0 Å². The summed E-state index contributed by atoms with van der Waals surface area (Å²) in [5.41, 5.74) is 0.0205. The molecular weight excluding hydrogens is 324 g/mol. The first kappa shape index (κ1) is 17.2. The summed E-state index contributed by atoms with van der Waals surface area (Å²) in [7, 11) is 0. The maximum atomic E-state index is 12.5. The van der Waals surface area contributed by atoms with Crippen molar-refractivity contribution in [3.8, 4) is 0 Å². The predicted molar refractivity (Wildman–Crippen MR) is 82.8 cm³/mol. The van der Waals surface area contributed by atoms with Gasteiger partial charge in [-0.25, -0.2) is 4.79 Å². The van der Waals surface area contributed by atoms with Gasteiger partial charge in [-0.3, -0.25) is 14.9 Å². The van der Waals surface area contributed by atoms with Gasteiger partial charge in [0.1, 0.15) is 0 Å². The molecule has 0 aromatic heterocycles. The summed E-state index contributed by atoms with van der Waals surface area (Å²) >= 11 is 1.22. The molecule has 0 spiro atoms. The number of nitro groups is 1. The first-order chi connectivity index (χ1) is 10.8. The van der Waals surface area contributed by atoms with Crippen molar-refractivity contribution in [2.75, 3.05) is 19.3 Å². The highest BCUT2D eigenvalue weighted by atomic mass is 32.2. The second-order valence-corrected chi connectivity index (χ2v) is 5.98. The number of rotatable bonds is 4. The molecule has 1 aliphatic heterocycles. The molecule has 8 nitrogen and oxygen atoms in total. The van der Waals surface area contributed by atoms with Gasteiger partial charge in [0.25, 0.3) is 11.6 Å². The summed E-state index contributed by atoms with van der Waals surface area (Å²) in [6, 6.07) is 4.26. The molecular formula is C14H16N2O6S. The molecule has 1 aromatic rings. The van der Waals surface area contributed by atoms with Crippen molar-refractivity contribution < 1.29 is 24.4 Å².